The number of nitrogens with zero attached hydrogens (tertiary/aromatic N) is 2. The van der Waals surface area contributed by atoms with Crippen molar-refractivity contribution in [3.05, 3.63) is 47.8 Å². The zero-order chi connectivity index (χ0) is 16.3. The summed E-state index contributed by atoms with van der Waals surface area (Å²) in [5.41, 5.74) is 2.09. The van der Waals surface area contributed by atoms with Gasteiger partial charge in [-0.3, -0.25) is 4.68 Å². The van der Waals surface area contributed by atoms with E-state index in [1.165, 1.54) is 0 Å². The second-order valence-electron chi connectivity index (χ2n) is 5.83. The van der Waals surface area contributed by atoms with E-state index >= 15 is 0 Å². The highest BCUT2D eigenvalue weighted by Gasteiger charge is 2.20. The molecular weight excluding hydrogens is 298 g/mol. The molecule has 0 aliphatic carbocycles. The van der Waals surface area contributed by atoms with Crippen LogP contribution in [0.1, 0.15) is 31.0 Å². The van der Waals surface area contributed by atoms with Gasteiger partial charge in [-0.1, -0.05) is 17.7 Å². The van der Waals surface area contributed by atoms with Crippen LogP contribution in [0.25, 0.3) is 0 Å². The normalized spacial score (nSPS) is 14.7. The van der Waals surface area contributed by atoms with Crippen molar-refractivity contribution in [1.82, 2.24) is 15.1 Å². The van der Waals surface area contributed by atoms with E-state index in [4.69, 9.17) is 0 Å². The van der Waals surface area contributed by atoms with Crippen LogP contribution in [0.3, 0.4) is 0 Å². The smallest absolute Gasteiger partial charge is 0.179 e. The van der Waals surface area contributed by atoms with Gasteiger partial charge in [0, 0.05) is 30.9 Å². The molecule has 0 spiro atoms. The second-order valence-corrected chi connectivity index (χ2v) is 7.87. The van der Waals surface area contributed by atoms with Crippen LogP contribution in [0, 0.1) is 6.92 Å². The SMILES string of the molecule is Cc1ccc(S(=O)(=O)C[C@H](C)N[C@H](C)c2cnn(C)c2)cc1. The summed E-state index contributed by atoms with van der Waals surface area (Å²) in [6.07, 6.45) is 3.72. The monoisotopic (exact) mass is 321 g/mol. The fourth-order valence-electron chi connectivity index (χ4n) is 2.41. The van der Waals surface area contributed by atoms with Crippen molar-refractivity contribution >= 4 is 9.84 Å². The molecule has 1 aromatic carbocycles. The summed E-state index contributed by atoms with van der Waals surface area (Å²) in [5, 5.41) is 7.45. The molecule has 5 nitrogen and oxygen atoms in total. The molecule has 2 aromatic rings. The van der Waals surface area contributed by atoms with E-state index in [1.807, 2.05) is 46.1 Å². The first kappa shape index (κ1) is 16.7. The van der Waals surface area contributed by atoms with Crippen LogP contribution in [0.5, 0.6) is 0 Å². The summed E-state index contributed by atoms with van der Waals surface area (Å²) in [5.74, 6) is 0.0701. The van der Waals surface area contributed by atoms with Crippen molar-refractivity contribution in [3.63, 3.8) is 0 Å². The van der Waals surface area contributed by atoms with Gasteiger partial charge in [0.2, 0.25) is 0 Å². The number of aromatic nitrogens is 2. The quantitative estimate of drug-likeness (QED) is 0.886. The zero-order valence-electron chi connectivity index (χ0n) is 13.4. The summed E-state index contributed by atoms with van der Waals surface area (Å²) in [6, 6.07) is 6.88. The summed E-state index contributed by atoms with van der Waals surface area (Å²) in [6.45, 7) is 5.83. The van der Waals surface area contributed by atoms with E-state index in [0.717, 1.165) is 11.1 Å². The molecule has 2 atom stereocenters. The minimum absolute atomic E-state index is 0.0527. The van der Waals surface area contributed by atoms with Crippen molar-refractivity contribution in [2.24, 2.45) is 7.05 Å². The molecule has 0 fully saturated rings. The Morgan fingerprint density at radius 1 is 1.23 bits per heavy atom. The van der Waals surface area contributed by atoms with Crippen molar-refractivity contribution in [1.29, 1.82) is 0 Å². The number of sulfone groups is 1. The first-order valence-electron chi connectivity index (χ1n) is 7.32. The van der Waals surface area contributed by atoms with Gasteiger partial charge >= 0.3 is 0 Å². The molecule has 1 N–H and O–H groups in total. The minimum atomic E-state index is -3.28. The van der Waals surface area contributed by atoms with E-state index in [9.17, 15) is 8.42 Å². The van der Waals surface area contributed by atoms with Gasteiger partial charge in [0.15, 0.2) is 9.84 Å². The Balaban J connectivity index is 2.01. The molecular formula is C16H23N3O2S. The minimum Gasteiger partial charge on any atom is -0.307 e. The summed E-state index contributed by atoms with van der Waals surface area (Å²) >= 11 is 0. The van der Waals surface area contributed by atoms with Gasteiger partial charge in [-0.05, 0) is 32.9 Å². The highest BCUT2D eigenvalue weighted by Crippen LogP contribution is 2.15. The van der Waals surface area contributed by atoms with Gasteiger partial charge in [0.05, 0.1) is 16.8 Å². The van der Waals surface area contributed by atoms with Crippen LogP contribution in [0.2, 0.25) is 0 Å². The van der Waals surface area contributed by atoms with E-state index in [-0.39, 0.29) is 17.8 Å². The Hall–Kier alpha value is -1.66. The third kappa shape index (κ3) is 4.18. The van der Waals surface area contributed by atoms with Crippen LogP contribution < -0.4 is 5.32 Å². The zero-order valence-corrected chi connectivity index (χ0v) is 14.3. The van der Waals surface area contributed by atoms with E-state index in [2.05, 4.69) is 10.4 Å². The lowest BCUT2D eigenvalue weighted by Crippen LogP contribution is -2.34. The van der Waals surface area contributed by atoms with Crippen LogP contribution in [0.4, 0.5) is 0 Å². The highest BCUT2D eigenvalue weighted by molar-refractivity contribution is 7.91. The molecule has 0 saturated carbocycles. The first-order chi connectivity index (χ1) is 10.3. The number of hydrogen-bond donors (Lipinski definition) is 1. The van der Waals surface area contributed by atoms with Crippen LogP contribution >= 0.6 is 0 Å². The first-order valence-corrected chi connectivity index (χ1v) is 8.97. The molecule has 22 heavy (non-hydrogen) atoms. The molecule has 0 radical (unpaired) electrons. The predicted octanol–water partition coefficient (Wildman–Crippen LogP) is 2.24. The third-order valence-corrected chi connectivity index (χ3v) is 5.54. The van der Waals surface area contributed by atoms with Crippen LogP contribution in [0.15, 0.2) is 41.6 Å². The van der Waals surface area contributed by atoms with Crippen molar-refractivity contribution < 1.29 is 8.42 Å². The number of aryl methyl sites for hydroxylation is 2. The average molecular weight is 321 g/mol. The fourth-order valence-corrected chi connectivity index (χ4v) is 3.90. The highest BCUT2D eigenvalue weighted by atomic mass is 32.2. The standard InChI is InChI=1S/C16H23N3O2S/c1-12-5-7-16(8-6-12)22(20,21)11-13(2)18-14(3)15-9-17-19(4)10-15/h5-10,13-14,18H,11H2,1-4H3/t13-,14+/m0/s1. The summed E-state index contributed by atoms with van der Waals surface area (Å²) < 4.78 is 26.6. The molecule has 120 valence electrons. The molecule has 1 aromatic heterocycles. The number of benzene rings is 1. The Labute approximate surface area is 132 Å². The molecule has 0 bridgehead atoms. The number of hydrogen-bond acceptors (Lipinski definition) is 4. The maximum Gasteiger partial charge on any atom is 0.179 e. The Bertz CT molecular complexity index is 720. The lowest BCUT2D eigenvalue weighted by atomic mass is 10.2. The fraction of sp³-hybridized carbons (Fsp3) is 0.438. The Morgan fingerprint density at radius 3 is 2.41 bits per heavy atom. The van der Waals surface area contributed by atoms with Crippen LogP contribution in [-0.4, -0.2) is 30.0 Å². The van der Waals surface area contributed by atoms with Gasteiger partial charge in [-0.25, -0.2) is 8.42 Å². The molecule has 1 heterocycles. The van der Waals surface area contributed by atoms with Crippen molar-refractivity contribution in [2.45, 2.75) is 37.8 Å². The van der Waals surface area contributed by atoms with E-state index < -0.39 is 9.84 Å². The summed E-state index contributed by atoms with van der Waals surface area (Å²) in [7, 11) is -1.42. The van der Waals surface area contributed by atoms with Crippen LogP contribution in [-0.2, 0) is 16.9 Å². The van der Waals surface area contributed by atoms with Gasteiger partial charge in [0.1, 0.15) is 0 Å². The topological polar surface area (TPSA) is 64.0 Å². The average Bonchev–Trinajstić information content (AvgIpc) is 2.85. The van der Waals surface area contributed by atoms with Gasteiger partial charge in [0.25, 0.3) is 0 Å². The van der Waals surface area contributed by atoms with Gasteiger partial charge in [-0.15, -0.1) is 0 Å². The Kier molecular flexibility index (Phi) is 5.03. The molecule has 0 saturated heterocycles. The number of nitrogens with one attached hydrogen (secondary N) is 1. The predicted molar refractivity (Wildman–Crippen MR) is 87.5 cm³/mol. The van der Waals surface area contributed by atoms with E-state index in [0.29, 0.717) is 4.90 Å². The van der Waals surface area contributed by atoms with Crippen molar-refractivity contribution in [2.75, 3.05) is 5.75 Å². The molecule has 0 aliphatic heterocycles. The van der Waals surface area contributed by atoms with Gasteiger partial charge < -0.3 is 5.32 Å². The lowest BCUT2D eigenvalue weighted by molar-refractivity contribution is 0.499. The molecule has 0 aliphatic rings. The third-order valence-electron chi connectivity index (χ3n) is 3.61. The maximum absolute atomic E-state index is 12.4. The van der Waals surface area contributed by atoms with E-state index in [1.54, 1.807) is 23.0 Å². The van der Waals surface area contributed by atoms with Crippen molar-refractivity contribution in [3.8, 4) is 0 Å². The summed E-state index contributed by atoms with van der Waals surface area (Å²) in [4.78, 5) is 0.376. The lowest BCUT2D eigenvalue weighted by Gasteiger charge is -2.19. The van der Waals surface area contributed by atoms with Gasteiger partial charge in [-0.2, -0.15) is 5.10 Å². The largest absolute Gasteiger partial charge is 0.307 e. The maximum atomic E-state index is 12.4. The molecule has 6 heteroatoms. The molecule has 0 unspecified atom stereocenters. The second kappa shape index (κ2) is 6.62. The molecule has 2 rings (SSSR count). The molecule has 0 amide bonds. The number of rotatable bonds is 6. The Morgan fingerprint density at radius 2 is 1.86 bits per heavy atom.